The molecule has 0 radical (unpaired) electrons. The molecule has 1 N–H and O–H groups in total. The minimum Gasteiger partial charge on any atom is -0.494 e. The van der Waals surface area contributed by atoms with E-state index in [1.807, 2.05) is 6.92 Å². The molecule has 0 unspecified atom stereocenters. The molecule has 2 amide bonds. The van der Waals surface area contributed by atoms with Crippen molar-refractivity contribution < 1.29 is 27.1 Å². The van der Waals surface area contributed by atoms with Crippen LogP contribution in [0.15, 0.2) is 82.2 Å². The lowest BCUT2D eigenvalue weighted by Gasteiger charge is -2.33. The van der Waals surface area contributed by atoms with Crippen LogP contribution in [0.5, 0.6) is 5.75 Å². The molecule has 230 valence electrons. The molecule has 4 rings (SSSR count). The maximum atomic E-state index is 14.8. The minimum absolute atomic E-state index is 0.00671. The first-order chi connectivity index (χ1) is 20.6. The summed E-state index contributed by atoms with van der Waals surface area (Å²) in [4.78, 5) is 28.7. The highest BCUT2D eigenvalue weighted by Crippen LogP contribution is 2.28. The summed E-state index contributed by atoms with van der Waals surface area (Å²) in [5, 5.41) is 3.04. The molecule has 3 aromatic carbocycles. The minimum atomic E-state index is -4.22. The molecule has 0 saturated heterocycles. The molecular formula is C32H37BrFN3O5S. The van der Waals surface area contributed by atoms with Gasteiger partial charge in [-0.1, -0.05) is 53.4 Å². The van der Waals surface area contributed by atoms with Crippen LogP contribution in [-0.2, 0) is 26.2 Å². The van der Waals surface area contributed by atoms with Gasteiger partial charge in [0.25, 0.3) is 10.0 Å². The van der Waals surface area contributed by atoms with Crippen molar-refractivity contribution >= 4 is 43.5 Å². The lowest BCUT2D eigenvalue weighted by molar-refractivity contribution is -0.139. The van der Waals surface area contributed by atoms with Gasteiger partial charge in [0.2, 0.25) is 11.8 Å². The topological polar surface area (TPSA) is 96.0 Å². The molecule has 1 fully saturated rings. The molecule has 0 aromatic heterocycles. The van der Waals surface area contributed by atoms with Crippen molar-refractivity contribution in [2.24, 2.45) is 0 Å². The third-order valence-electron chi connectivity index (χ3n) is 7.53. The maximum absolute atomic E-state index is 14.8. The Kier molecular flexibility index (Phi) is 11.2. The van der Waals surface area contributed by atoms with Gasteiger partial charge in [0.05, 0.1) is 17.2 Å². The molecule has 1 aliphatic carbocycles. The molecule has 0 heterocycles. The number of hydrogen-bond acceptors (Lipinski definition) is 5. The summed E-state index contributed by atoms with van der Waals surface area (Å²) < 4.78 is 49.9. The third kappa shape index (κ3) is 8.35. The number of nitrogens with zero attached hydrogens (tertiary/aromatic N) is 2. The van der Waals surface area contributed by atoms with Gasteiger partial charge in [-0.15, -0.1) is 0 Å². The predicted molar refractivity (Wildman–Crippen MR) is 168 cm³/mol. The van der Waals surface area contributed by atoms with E-state index >= 15 is 0 Å². The zero-order valence-corrected chi connectivity index (χ0v) is 26.7. The number of amides is 2. The van der Waals surface area contributed by atoms with Crippen LogP contribution in [0.2, 0.25) is 0 Å². The molecule has 1 saturated carbocycles. The van der Waals surface area contributed by atoms with Gasteiger partial charge in [-0.05, 0) is 81.3 Å². The van der Waals surface area contributed by atoms with Crippen LogP contribution in [0.1, 0.15) is 51.5 Å². The van der Waals surface area contributed by atoms with Crippen molar-refractivity contribution in [2.75, 3.05) is 17.5 Å². The van der Waals surface area contributed by atoms with Crippen molar-refractivity contribution in [2.45, 2.75) is 69.5 Å². The van der Waals surface area contributed by atoms with Crippen molar-refractivity contribution in [1.29, 1.82) is 0 Å². The van der Waals surface area contributed by atoms with Gasteiger partial charge in [-0.25, -0.2) is 12.8 Å². The Labute approximate surface area is 261 Å². The van der Waals surface area contributed by atoms with E-state index in [2.05, 4.69) is 21.2 Å². The van der Waals surface area contributed by atoms with Crippen LogP contribution >= 0.6 is 15.9 Å². The van der Waals surface area contributed by atoms with Gasteiger partial charge >= 0.3 is 0 Å². The molecule has 1 atom stereocenters. The zero-order chi connectivity index (χ0) is 31.0. The molecular weight excluding hydrogens is 637 g/mol. The second kappa shape index (κ2) is 14.8. The Hall–Kier alpha value is -3.44. The van der Waals surface area contributed by atoms with Crippen LogP contribution < -0.4 is 14.4 Å². The zero-order valence-electron chi connectivity index (χ0n) is 24.3. The van der Waals surface area contributed by atoms with E-state index < -0.39 is 34.3 Å². The summed E-state index contributed by atoms with van der Waals surface area (Å²) in [6.45, 7) is 3.04. The molecule has 0 bridgehead atoms. The van der Waals surface area contributed by atoms with Gasteiger partial charge in [-0.3, -0.25) is 13.9 Å². The maximum Gasteiger partial charge on any atom is 0.264 e. The van der Waals surface area contributed by atoms with Crippen LogP contribution in [-0.4, -0.2) is 50.4 Å². The van der Waals surface area contributed by atoms with E-state index in [-0.39, 0.29) is 34.6 Å². The normalized spacial score (nSPS) is 14.5. The van der Waals surface area contributed by atoms with E-state index in [0.717, 1.165) is 36.4 Å². The van der Waals surface area contributed by atoms with Crippen LogP contribution in [0.4, 0.5) is 10.1 Å². The summed E-state index contributed by atoms with van der Waals surface area (Å²) >= 11 is 3.33. The predicted octanol–water partition coefficient (Wildman–Crippen LogP) is 6.05. The third-order valence-corrected chi connectivity index (χ3v) is 9.85. The van der Waals surface area contributed by atoms with Crippen molar-refractivity contribution in [3.05, 3.63) is 88.6 Å². The lowest BCUT2D eigenvalue weighted by Crippen LogP contribution is -2.53. The second-order valence-electron chi connectivity index (χ2n) is 10.5. The van der Waals surface area contributed by atoms with Crippen LogP contribution in [0, 0.1) is 5.82 Å². The highest BCUT2D eigenvalue weighted by Gasteiger charge is 2.33. The molecule has 3 aromatic rings. The fraction of sp³-hybridized carbons (Fsp3) is 0.375. The summed E-state index contributed by atoms with van der Waals surface area (Å²) in [5.74, 6) is -0.983. The number of ether oxygens (including phenoxy) is 1. The highest BCUT2D eigenvalue weighted by atomic mass is 79.9. The van der Waals surface area contributed by atoms with Gasteiger partial charge < -0.3 is 15.0 Å². The van der Waals surface area contributed by atoms with E-state index in [9.17, 15) is 22.4 Å². The number of halogens is 2. The Bertz CT molecular complexity index is 1500. The molecule has 8 nitrogen and oxygen atoms in total. The quantitative estimate of drug-likeness (QED) is 0.253. The Morgan fingerprint density at radius 2 is 1.65 bits per heavy atom. The van der Waals surface area contributed by atoms with Gasteiger partial charge in [0.1, 0.15) is 24.2 Å². The fourth-order valence-electron chi connectivity index (χ4n) is 5.10. The van der Waals surface area contributed by atoms with E-state index in [4.69, 9.17) is 4.74 Å². The van der Waals surface area contributed by atoms with Crippen molar-refractivity contribution in [3.8, 4) is 5.75 Å². The van der Waals surface area contributed by atoms with E-state index in [1.54, 1.807) is 61.5 Å². The van der Waals surface area contributed by atoms with Gasteiger partial charge in [0.15, 0.2) is 0 Å². The van der Waals surface area contributed by atoms with E-state index in [0.29, 0.717) is 16.8 Å². The average Bonchev–Trinajstić information content (AvgIpc) is 3.00. The summed E-state index contributed by atoms with van der Waals surface area (Å²) in [6, 6.07) is 17.5. The number of carbonyl (C=O) groups is 2. The first-order valence-corrected chi connectivity index (χ1v) is 16.7. The SMILES string of the molecule is CCOc1ccc(N(CC(=O)N(Cc2ccccc2F)[C@@H](C)C(=O)NC2CCCCC2)S(=O)(=O)c2ccc(Br)cc2)cc1. The monoisotopic (exact) mass is 673 g/mol. The molecule has 0 aliphatic heterocycles. The molecule has 0 spiro atoms. The largest absolute Gasteiger partial charge is 0.494 e. The Balaban J connectivity index is 1.68. The number of benzene rings is 3. The second-order valence-corrected chi connectivity index (χ2v) is 13.3. The highest BCUT2D eigenvalue weighted by molar-refractivity contribution is 9.10. The van der Waals surface area contributed by atoms with Gasteiger partial charge in [-0.2, -0.15) is 0 Å². The number of carbonyl (C=O) groups excluding carboxylic acids is 2. The molecule has 43 heavy (non-hydrogen) atoms. The number of rotatable bonds is 12. The van der Waals surface area contributed by atoms with Crippen molar-refractivity contribution in [3.63, 3.8) is 0 Å². The first kappa shape index (κ1) is 32.5. The summed E-state index contributed by atoms with van der Waals surface area (Å²) in [7, 11) is -4.22. The van der Waals surface area contributed by atoms with Crippen LogP contribution in [0.3, 0.4) is 0 Å². The number of sulfonamides is 1. The average molecular weight is 675 g/mol. The first-order valence-electron chi connectivity index (χ1n) is 14.4. The number of anilines is 1. The van der Waals surface area contributed by atoms with Crippen LogP contribution in [0.25, 0.3) is 0 Å². The van der Waals surface area contributed by atoms with Crippen molar-refractivity contribution in [1.82, 2.24) is 10.2 Å². The lowest BCUT2D eigenvalue weighted by atomic mass is 9.95. The standard InChI is InChI=1S/C32H37BrFN3O5S/c1-3-42-28-17-15-27(16-18-28)37(43(40,41)29-19-13-25(33)14-20-29)22-31(38)36(21-24-9-7-8-12-30(24)34)23(2)32(39)35-26-10-5-4-6-11-26/h7-9,12-20,23,26H,3-6,10-11,21-22H2,1-2H3,(H,35,39)/t23-/m0/s1. The van der Waals surface area contributed by atoms with E-state index in [1.165, 1.54) is 23.1 Å². The Morgan fingerprint density at radius 3 is 2.28 bits per heavy atom. The number of hydrogen-bond donors (Lipinski definition) is 1. The molecule has 1 aliphatic rings. The van der Waals surface area contributed by atoms with Gasteiger partial charge in [0, 0.05) is 22.6 Å². The molecule has 11 heteroatoms. The fourth-order valence-corrected chi connectivity index (χ4v) is 6.78. The Morgan fingerprint density at radius 1 is 1.00 bits per heavy atom. The summed E-state index contributed by atoms with van der Waals surface area (Å²) in [5.41, 5.74) is 0.460. The number of nitrogens with one attached hydrogen (secondary N) is 1. The smallest absolute Gasteiger partial charge is 0.264 e. The summed E-state index contributed by atoms with van der Waals surface area (Å²) in [6.07, 6.45) is 4.87.